The second-order valence-corrected chi connectivity index (χ2v) is 18.5. The van der Waals surface area contributed by atoms with Gasteiger partial charge in [-0.1, -0.05) is 201 Å². The first kappa shape index (κ1) is 66.4. The standard InChI is InChI=1S/C61H96O12/c1-4-7-10-13-16-19-22-24-25-26-27-28-29-31-34-37-40-43-46-49-55(64)72-59-57(66)56(65)58(60(67)68)73-61(59)70-51-52(71-54(63)48-45-42-39-36-32-21-18-15-12-9-6-3)50-69-53(62)47-44-41-38-35-33-30-23-20-17-14-11-8-5-2/h7-8,10-11,16-17,19-20,24-25,27-28,30-31,33-34,40,43,52,56-59,61,65-66H,4-6,9,12-15,18,21-23,26,29,32,35-39,41-42,44-51H2,1-3H3,(H,67,68)/b10-7-,11-8-,19-16-,20-17-,25-24-,28-27-,33-30-,34-31-,43-40-. The third kappa shape index (κ3) is 38.6. The number of carbonyl (C=O) groups is 4. The molecule has 0 spiro atoms. The Hall–Kier alpha value is -4.62. The van der Waals surface area contributed by atoms with Crippen LogP contribution in [-0.4, -0.2) is 89.2 Å². The predicted molar refractivity (Wildman–Crippen MR) is 294 cm³/mol. The van der Waals surface area contributed by atoms with E-state index in [1.807, 2.05) is 18.2 Å². The summed E-state index contributed by atoms with van der Waals surface area (Å²) in [5.74, 6) is -3.28. The van der Waals surface area contributed by atoms with Gasteiger partial charge in [0.2, 0.25) is 0 Å². The van der Waals surface area contributed by atoms with Crippen molar-refractivity contribution >= 4 is 23.9 Å². The molecule has 0 aromatic carbocycles. The van der Waals surface area contributed by atoms with Crippen LogP contribution in [0.3, 0.4) is 0 Å². The van der Waals surface area contributed by atoms with Crippen molar-refractivity contribution in [3.8, 4) is 0 Å². The highest BCUT2D eigenvalue weighted by Gasteiger charge is 2.50. The highest BCUT2D eigenvalue weighted by molar-refractivity contribution is 5.74. The van der Waals surface area contributed by atoms with Crippen molar-refractivity contribution in [1.29, 1.82) is 0 Å². The lowest BCUT2D eigenvalue weighted by molar-refractivity contribution is -0.301. The van der Waals surface area contributed by atoms with Crippen molar-refractivity contribution in [1.82, 2.24) is 0 Å². The first-order valence-corrected chi connectivity index (χ1v) is 27.9. The van der Waals surface area contributed by atoms with Gasteiger partial charge in [0.1, 0.15) is 18.8 Å². The number of allylic oxidation sites excluding steroid dienone is 18. The lowest BCUT2D eigenvalue weighted by atomic mass is 9.98. The van der Waals surface area contributed by atoms with Crippen LogP contribution in [-0.2, 0) is 42.9 Å². The van der Waals surface area contributed by atoms with E-state index in [1.165, 1.54) is 44.9 Å². The van der Waals surface area contributed by atoms with E-state index in [0.717, 1.165) is 89.9 Å². The van der Waals surface area contributed by atoms with E-state index in [1.54, 1.807) is 0 Å². The number of ether oxygens (including phenoxy) is 5. The van der Waals surface area contributed by atoms with Gasteiger partial charge in [0.05, 0.1) is 6.61 Å². The molecule has 0 amide bonds. The third-order valence-electron chi connectivity index (χ3n) is 11.9. The number of carbonyl (C=O) groups excluding carboxylic acids is 3. The summed E-state index contributed by atoms with van der Waals surface area (Å²) in [5.41, 5.74) is 0. The maximum atomic E-state index is 13.1. The van der Waals surface area contributed by atoms with Crippen molar-refractivity contribution in [2.75, 3.05) is 13.2 Å². The number of aliphatic carboxylic acids is 1. The Labute approximate surface area is 440 Å². The van der Waals surface area contributed by atoms with Crippen LogP contribution in [0, 0.1) is 0 Å². The minimum Gasteiger partial charge on any atom is -0.479 e. The van der Waals surface area contributed by atoms with Crippen LogP contribution in [0.4, 0.5) is 0 Å². The Balaban J connectivity index is 2.76. The molecule has 12 heteroatoms. The SMILES string of the molecule is CC/C=C\C/C=C\C/C=C\C/C=C\C/C=C\C/C=C\CCC(=O)OC1C(OCC(COC(=O)CCCCC/C=C\C/C=C\C/C=C\CC)OC(=O)CCCCCCCCCCCCC)OC(C(=O)O)C(O)C1O. The molecule has 0 bridgehead atoms. The summed E-state index contributed by atoms with van der Waals surface area (Å²) in [6.45, 7) is 5.67. The fraction of sp³-hybridized carbons (Fsp3) is 0.639. The Morgan fingerprint density at radius 1 is 0.466 bits per heavy atom. The number of aliphatic hydroxyl groups excluding tert-OH is 2. The fourth-order valence-corrected chi connectivity index (χ4v) is 7.64. The number of rotatable bonds is 45. The zero-order chi connectivity index (χ0) is 53.3. The number of hydrogen-bond donors (Lipinski definition) is 3. The van der Waals surface area contributed by atoms with Gasteiger partial charge in [-0.3, -0.25) is 14.4 Å². The zero-order valence-corrected chi connectivity index (χ0v) is 45.1. The van der Waals surface area contributed by atoms with E-state index in [4.69, 9.17) is 23.7 Å². The predicted octanol–water partition coefficient (Wildman–Crippen LogP) is 13.9. The highest BCUT2D eigenvalue weighted by Crippen LogP contribution is 2.26. The second kappa shape index (κ2) is 48.3. The van der Waals surface area contributed by atoms with Crippen LogP contribution in [0.25, 0.3) is 0 Å². The van der Waals surface area contributed by atoms with Crippen LogP contribution in [0.1, 0.15) is 201 Å². The molecule has 412 valence electrons. The number of esters is 3. The van der Waals surface area contributed by atoms with Crippen LogP contribution in [0.2, 0.25) is 0 Å². The van der Waals surface area contributed by atoms with Crippen molar-refractivity contribution in [2.24, 2.45) is 0 Å². The van der Waals surface area contributed by atoms with E-state index in [0.29, 0.717) is 25.7 Å². The van der Waals surface area contributed by atoms with E-state index in [9.17, 15) is 34.5 Å². The summed E-state index contributed by atoms with van der Waals surface area (Å²) in [4.78, 5) is 50.9. The molecule has 6 atom stereocenters. The molecule has 1 fully saturated rings. The minimum atomic E-state index is -1.94. The smallest absolute Gasteiger partial charge is 0.335 e. The molecule has 73 heavy (non-hydrogen) atoms. The maximum Gasteiger partial charge on any atom is 0.335 e. The van der Waals surface area contributed by atoms with Crippen LogP contribution in [0.15, 0.2) is 109 Å². The number of aliphatic hydroxyl groups is 2. The summed E-state index contributed by atoms with van der Waals surface area (Å²) in [5, 5.41) is 31.4. The zero-order valence-electron chi connectivity index (χ0n) is 45.1. The molecule has 1 heterocycles. The summed E-state index contributed by atoms with van der Waals surface area (Å²) < 4.78 is 28.2. The number of hydrogen-bond acceptors (Lipinski definition) is 11. The normalized spacial score (nSPS) is 19.2. The molecule has 0 saturated carbocycles. The van der Waals surface area contributed by atoms with E-state index < -0.39 is 67.3 Å². The Bertz CT molecular complexity index is 1690. The second-order valence-electron chi connectivity index (χ2n) is 18.5. The topological polar surface area (TPSA) is 175 Å². The third-order valence-corrected chi connectivity index (χ3v) is 11.9. The summed E-state index contributed by atoms with van der Waals surface area (Å²) in [6.07, 6.45) is 52.3. The molecule has 3 N–H and O–H groups in total. The van der Waals surface area contributed by atoms with Crippen molar-refractivity contribution in [3.63, 3.8) is 0 Å². The fourth-order valence-electron chi connectivity index (χ4n) is 7.64. The minimum absolute atomic E-state index is 0.0719. The number of carboxylic acid groups (broad SMARTS) is 1. The highest BCUT2D eigenvalue weighted by atomic mass is 16.7. The lowest BCUT2D eigenvalue weighted by Crippen LogP contribution is -2.61. The van der Waals surface area contributed by atoms with Crippen LogP contribution in [0.5, 0.6) is 0 Å². The Kier molecular flexibility index (Phi) is 44.0. The molecule has 0 aromatic heterocycles. The maximum absolute atomic E-state index is 13.1. The van der Waals surface area contributed by atoms with E-state index in [-0.39, 0.29) is 25.9 Å². The molecule has 12 nitrogen and oxygen atoms in total. The quantitative estimate of drug-likeness (QED) is 0.0228. The van der Waals surface area contributed by atoms with Gasteiger partial charge >= 0.3 is 23.9 Å². The largest absolute Gasteiger partial charge is 0.479 e. The Morgan fingerprint density at radius 2 is 0.890 bits per heavy atom. The molecule has 6 unspecified atom stereocenters. The summed E-state index contributed by atoms with van der Waals surface area (Å²) in [6, 6.07) is 0. The van der Waals surface area contributed by atoms with Crippen molar-refractivity contribution < 1.29 is 58.2 Å². The van der Waals surface area contributed by atoms with Gasteiger partial charge in [0.25, 0.3) is 0 Å². The van der Waals surface area contributed by atoms with Gasteiger partial charge < -0.3 is 39.0 Å². The molecular formula is C61H96O12. The van der Waals surface area contributed by atoms with Gasteiger partial charge in [-0.05, 0) is 89.9 Å². The summed E-state index contributed by atoms with van der Waals surface area (Å²) >= 11 is 0. The lowest BCUT2D eigenvalue weighted by Gasteiger charge is -2.40. The van der Waals surface area contributed by atoms with Crippen molar-refractivity contribution in [3.05, 3.63) is 109 Å². The number of unbranched alkanes of at least 4 members (excludes halogenated alkanes) is 13. The van der Waals surface area contributed by atoms with E-state index >= 15 is 0 Å². The molecule has 0 aromatic rings. The monoisotopic (exact) mass is 1020 g/mol. The summed E-state index contributed by atoms with van der Waals surface area (Å²) in [7, 11) is 0. The number of carboxylic acids is 1. The van der Waals surface area contributed by atoms with Gasteiger partial charge in [-0.25, -0.2) is 4.79 Å². The molecule has 1 aliphatic rings. The first-order chi connectivity index (χ1) is 35.6. The average molecular weight is 1020 g/mol. The first-order valence-electron chi connectivity index (χ1n) is 27.9. The molecule has 1 saturated heterocycles. The van der Waals surface area contributed by atoms with Crippen LogP contribution >= 0.6 is 0 Å². The molecule has 1 aliphatic heterocycles. The van der Waals surface area contributed by atoms with Crippen LogP contribution < -0.4 is 0 Å². The molecule has 1 rings (SSSR count). The van der Waals surface area contributed by atoms with Gasteiger partial charge in [0.15, 0.2) is 24.6 Å². The van der Waals surface area contributed by atoms with E-state index in [2.05, 4.69) is 112 Å². The van der Waals surface area contributed by atoms with Gasteiger partial charge in [-0.2, -0.15) is 0 Å². The average Bonchev–Trinajstić information content (AvgIpc) is 3.37. The molecule has 0 aliphatic carbocycles. The van der Waals surface area contributed by atoms with Gasteiger partial charge in [-0.15, -0.1) is 0 Å². The van der Waals surface area contributed by atoms with Gasteiger partial charge in [0, 0.05) is 19.3 Å². The molecular weight excluding hydrogens is 925 g/mol. The van der Waals surface area contributed by atoms with Crippen molar-refractivity contribution in [2.45, 2.75) is 237 Å². The Morgan fingerprint density at radius 3 is 1.37 bits per heavy atom. The molecule has 0 radical (unpaired) electrons.